The van der Waals surface area contributed by atoms with Crippen LogP contribution in [0.4, 0.5) is 10.5 Å². The zero-order chi connectivity index (χ0) is 17.7. The summed E-state index contributed by atoms with van der Waals surface area (Å²) in [5.74, 6) is -0.00551. The van der Waals surface area contributed by atoms with Gasteiger partial charge in [0, 0.05) is 37.1 Å². The Morgan fingerprint density at radius 1 is 1.42 bits per heavy atom. The van der Waals surface area contributed by atoms with Gasteiger partial charge >= 0.3 is 6.09 Å². The van der Waals surface area contributed by atoms with Gasteiger partial charge in [-0.25, -0.2) is 4.79 Å². The van der Waals surface area contributed by atoms with Gasteiger partial charge in [0.05, 0.1) is 16.4 Å². The van der Waals surface area contributed by atoms with Crippen molar-refractivity contribution in [2.24, 2.45) is 11.8 Å². The third-order valence-corrected chi connectivity index (χ3v) is 4.75. The number of fused-ring (bicyclic) bond motifs is 1. The van der Waals surface area contributed by atoms with Gasteiger partial charge in [0.15, 0.2) is 0 Å². The first-order valence-corrected chi connectivity index (χ1v) is 7.83. The highest BCUT2D eigenvalue weighted by Gasteiger charge is 2.70. The summed E-state index contributed by atoms with van der Waals surface area (Å²) in [6.07, 6.45) is -0.374. The van der Waals surface area contributed by atoms with Crippen molar-refractivity contribution in [3.05, 3.63) is 39.9 Å². The molecule has 1 aromatic rings. The van der Waals surface area contributed by atoms with Crippen LogP contribution in [0.2, 0.25) is 0 Å². The van der Waals surface area contributed by atoms with Crippen LogP contribution >= 0.6 is 0 Å². The van der Waals surface area contributed by atoms with Gasteiger partial charge in [-0.3, -0.25) is 10.1 Å². The second-order valence-electron chi connectivity index (χ2n) is 7.39. The van der Waals surface area contributed by atoms with Crippen LogP contribution in [0.15, 0.2) is 24.3 Å². The normalized spacial score (nSPS) is 28.0. The standard InChI is InChI=1S/C17H19N3O4/c1-16(2,3)24-15(21)19-8-13-14(9-19)17(13,10-18)11-5-4-6-12(7-11)20(22)23/h4-7,13-14H,8-9H2,1-3H3/t13-,14+,17-. The highest BCUT2D eigenvalue weighted by molar-refractivity contribution is 5.70. The summed E-state index contributed by atoms with van der Waals surface area (Å²) in [5, 5.41) is 20.7. The average Bonchev–Trinajstić information content (AvgIpc) is 2.87. The number of hydrogen-bond acceptors (Lipinski definition) is 5. The Morgan fingerprint density at radius 3 is 2.54 bits per heavy atom. The minimum absolute atomic E-state index is 0.00276. The highest BCUT2D eigenvalue weighted by Crippen LogP contribution is 2.63. The van der Waals surface area contributed by atoms with Crippen molar-refractivity contribution in [3.8, 4) is 6.07 Å². The third-order valence-electron chi connectivity index (χ3n) is 4.75. The Balaban J connectivity index is 1.77. The van der Waals surface area contributed by atoms with Gasteiger partial charge in [-0.05, 0) is 26.3 Å². The van der Waals surface area contributed by atoms with E-state index < -0.39 is 15.9 Å². The second-order valence-corrected chi connectivity index (χ2v) is 7.39. The Kier molecular flexibility index (Phi) is 3.52. The van der Waals surface area contributed by atoms with Crippen LogP contribution in [0.5, 0.6) is 0 Å². The predicted octanol–water partition coefficient (Wildman–Crippen LogP) is 2.85. The number of benzene rings is 1. The second kappa shape index (κ2) is 5.20. The minimum atomic E-state index is -0.732. The van der Waals surface area contributed by atoms with Crippen molar-refractivity contribution in [2.45, 2.75) is 31.8 Å². The summed E-state index contributed by atoms with van der Waals surface area (Å²) in [4.78, 5) is 24.3. The molecule has 1 aliphatic carbocycles. The number of likely N-dealkylation sites (tertiary alicyclic amines) is 1. The van der Waals surface area contributed by atoms with E-state index in [1.165, 1.54) is 12.1 Å². The first-order chi connectivity index (χ1) is 11.2. The molecular weight excluding hydrogens is 310 g/mol. The lowest BCUT2D eigenvalue weighted by atomic mass is 9.91. The molecule has 3 rings (SSSR count). The molecule has 0 unspecified atom stereocenters. The number of ether oxygens (including phenoxy) is 1. The predicted molar refractivity (Wildman–Crippen MR) is 85.2 cm³/mol. The Morgan fingerprint density at radius 2 is 2.04 bits per heavy atom. The molecule has 0 bridgehead atoms. The highest BCUT2D eigenvalue weighted by atomic mass is 16.6. The summed E-state index contributed by atoms with van der Waals surface area (Å²) >= 11 is 0. The Labute approximate surface area is 140 Å². The summed E-state index contributed by atoms with van der Waals surface area (Å²) in [6, 6.07) is 8.59. The van der Waals surface area contributed by atoms with E-state index in [1.54, 1.807) is 17.0 Å². The van der Waals surface area contributed by atoms with Crippen LogP contribution in [0.3, 0.4) is 0 Å². The number of rotatable bonds is 2. The van der Waals surface area contributed by atoms with Crippen molar-refractivity contribution >= 4 is 11.8 Å². The van der Waals surface area contributed by atoms with Gasteiger partial charge in [-0.2, -0.15) is 5.26 Å². The molecule has 1 heterocycles. The fraction of sp³-hybridized carbons (Fsp3) is 0.529. The average molecular weight is 329 g/mol. The fourth-order valence-corrected chi connectivity index (χ4v) is 3.64. The van der Waals surface area contributed by atoms with Gasteiger partial charge in [0.2, 0.25) is 0 Å². The molecule has 7 nitrogen and oxygen atoms in total. The van der Waals surface area contributed by atoms with Crippen molar-refractivity contribution in [1.82, 2.24) is 4.90 Å². The maximum atomic E-state index is 12.1. The van der Waals surface area contributed by atoms with Crippen LogP contribution in [0, 0.1) is 33.3 Å². The molecule has 0 radical (unpaired) electrons. The molecule has 1 saturated heterocycles. The molecule has 7 heteroatoms. The molecule has 1 saturated carbocycles. The molecule has 126 valence electrons. The van der Waals surface area contributed by atoms with Crippen molar-refractivity contribution in [2.75, 3.05) is 13.1 Å². The number of carbonyl (C=O) groups excluding carboxylic acids is 1. The molecule has 2 aliphatic rings. The SMILES string of the molecule is CC(C)(C)OC(=O)N1C[C@@H]2[C@H](C1)[C@]2(C#N)c1cccc([N+](=O)[O-])c1. The lowest BCUT2D eigenvalue weighted by molar-refractivity contribution is -0.384. The van der Waals surface area contributed by atoms with Gasteiger partial charge < -0.3 is 9.64 Å². The van der Waals surface area contributed by atoms with E-state index in [9.17, 15) is 20.2 Å². The summed E-state index contributed by atoms with van der Waals surface area (Å²) < 4.78 is 5.36. The summed E-state index contributed by atoms with van der Waals surface area (Å²) in [7, 11) is 0. The van der Waals surface area contributed by atoms with E-state index in [-0.39, 0.29) is 23.6 Å². The molecule has 1 amide bonds. The molecule has 1 aromatic carbocycles. The smallest absolute Gasteiger partial charge is 0.410 e. The molecule has 2 fully saturated rings. The fourth-order valence-electron chi connectivity index (χ4n) is 3.64. The summed E-state index contributed by atoms with van der Waals surface area (Å²) in [6.45, 7) is 6.31. The van der Waals surface area contributed by atoms with Crippen LogP contribution in [0.1, 0.15) is 26.3 Å². The van der Waals surface area contributed by atoms with Gasteiger partial charge in [-0.1, -0.05) is 12.1 Å². The maximum absolute atomic E-state index is 12.1. The summed E-state index contributed by atoms with van der Waals surface area (Å²) in [5.41, 5.74) is -0.644. The number of carbonyl (C=O) groups is 1. The number of nitro benzene ring substituents is 1. The Bertz CT molecular complexity index is 735. The molecule has 0 spiro atoms. The van der Waals surface area contributed by atoms with Crippen molar-refractivity contribution in [1.29, 1.82) is 5.26 Å². The van der Waals surface area contributed by atoms with E-state index in [1.807, 2.05) is 20.8 Å². The van der Waals surface area contributed by atoms with E-state index in [4.69, 9.17) is 4.74 Å². The van der Waals surface area contributed by atoms with Gasteiger partial charge in [0.25, 0.3) is 5.69 Å². The van der Waals surface area contributed by atoms with Gasteiger partial charge in [-0.15, -0.1) is 0 Å². The number of hydrogen-bond donors (Lipinski definition) is 0. The van der Waals surface area contributed by atoms with Crippen molar-refractivity contribution < 1.29 is 14.5 Å². The molecule has 0 N–H and O–H groups in total. The lowest BCUT2D eigenvalue weighted by Gasteiger charge is -2.27. The van der Waals surface area contributed by atoms with Crippen LogP contribution in [0.25, 0.3) is 0 Å². The van der Waals surface area contributed by atoms with E-state index in [0.717, 1.165) is 0 Å². The van der Waals surface area contributed by atoms with Gasteiger partial charge in [0.1, 0.15) is 5.60 Å². The first kappa shape index (κ1) is 16.2. The molecule has 24 heavy (non-hydrogen) atoms. The number of amides is 1. The van der Waals surface area contributed by atoms with E-state index >= 15 is 0 Å². The van der Waals surface area contributed by atoms with E-state index in [2.05, 4.69) is 6.07 Å². The zero-order valence-electron chi connectivity index (χ0n) is 13.9. The molecule has 1 aliphatic heterocycles. The monoisotopic (exact) mass is 329 g/mol. The van der Waals surface area contributed by atoms with Crippen molar-refractivity contribution in [3.63, 3.8) is 0 Å². The number of nitro groups is 1. The van der Waals surface area contributed by atoms with E-state index in [0.29, 0.717) is 18.7 Å². The quantitative estimate of drug-likeness (QED) is 0.614. The number of piperidine rings is 1. The molecule has 0 aromatic heterocycles. The lowest BCUT2D eigenvalue weighted by Crippen LogP contribution is -2.38. The maximum Gasteiger partial charge on any atom is 0.410 e. The van der Waals surface area contributed by atoms with Crippen LogP contribution < -0.4 is 0 Å². The molecular formula is C17H19N3O4. The molecule has 3 atom stereocenters. The van der Waals surface area contributed by atoms with Crippen LogP contribution in [-0.4, -0.2) is 34.6 Å². The number of non-ortho nitro benzene ring substituents is 1. The number of nitrogens with zero attached hydrogens (tertiary/aromatic N) is 3. The Hall–Kier alpha value is -2.62. The van der Waals surface area contributed by atoms with Crippen LogP contribution in [-0.2, 0) is 10.2 Å². The third kappa shape index (κ3) is 2.48. The largest absolute Gasteiger partial charge is 0.444 e. The number of nitriles is 1. The minimum Gasteiger partial charge on any atom is -0.444 e. The zero-order valence-corrected chi connectivity index (χ0v) is 13.9. The first-order valence-electron chi connectivity index (χ1n) is 7.83. The topological polar surface area (TPSA) is 96.5 Å².